The molecular formula is C41H35BO2. The molecule has 0 unspecified atom stereocenters. The number of hydrogen-bond acceptors (Lipinski definition) is 2. The van der Waals surface area contributed by atoms with Crippen LogP contribution in [-0.2, 0) is 14.7 Å². The lowest BCUT2D eigenvalue weighted by molar-refractivity contribution is 0.00578. The second kappa shape index (κ2) is 9.79. The Morgan fingerprint density at radius 2 is 0.977 bits per heavy atom. The highest BCUT2D eigenvalue weighted by atomic mass is 16.7. The molecule has 0 radical (unpaired) electrons. The van der Waals surface area contributed by atoms with E-state index in [0.717, 1.165) is 16.6 Å². The first-order chi connectivity index (χ1) is 21.3. The van der Waals surface area contributed by atoms with Crippen LogP contribution in [0.3, 0.4) is 0 Å². The fraction of sp³-hybridized carbons (Fsp3) is 0.171. The van der Waals surface area contributed by atoms with Crippen molar-refractivity contribution >= 4 is 23.4 Å². The molecule has 0 spiro atoms. The van der Waals surface area contributed by atoms with E-state index < -0.39 is 23.7 Å². The van der Waals surface area contributed by atoms with Gasteiger partial charge >= 0.3 is 7.12 Å². The van der Waals surface area contributed by atoms with Gasteiger partial charge in [-0.3, -0.25) is 0 Å². The zero-order valence-corrected chi connectivity index (χ0v) is 25.7. The highest BCUT2D eigenvalue weighted by molar-refractivity contribution is 6.64. The minimum atomic E-state index is -0.474. The van der Waals surface area contributed by atoms with Crippen LogP contribution in [0.2, 0.25) is 0 Å². The van der Waals surface area contributed by atoms with Crippen molar-refractivity contribution in [3.8, 4) is 22.3 Å². The van der Waals surface area contributed by atoms with Gasteiger partial charge in [-0.1, -0.05) is 127 Å². The van der Waals surface area contributed by atoms with E-state index >= 15 is 0 Å². The van der Waals surface area contributed by atoms with Crippen LogP contribution in [0.4, 0.5) is 0 Å². The molecule has 0 amide bonds. The van der Waals surface area contributed by atoms with Gasteiger partial charge < -0.3 is 9.31 Å². The Morgan fingerprint density at radius 1 is 0.455 bits per heavy atom. The van der Waals surface area contributed by atoms with Gasteiger partial charge in [0.05, 0.1) is 16.6 Å². The fourth-order valence-corrected chi connectivity index (χ4v) is 7.28. The topological polar surface area (TPSA) is 18.5 Å². The molecule has 0 saturated carbocycles. The molecule has 2 aliphatic rings. The summed E-state index contributed by atoms with van der Waals surface area (Å²) in [6, 6.07) is 51.0. The van der Waals surface area contributed by atoms with Crippen molar-refractivity contribution in [2.24, 2.45) is 0 Å². The van der Waals surface area contributed by atoms with Crippen LogP contribution >= 0.6 is 0 Å². The molecule has 1 saturated heterocycles. The van der Waals surface area contributed by atoms with Crippen molar-refractivity contribution in [3.63, 3.8) is 0 Å². The van der Waals surface area contributed by atoms with Crippen molar-refractivity contribution in [2.45, 2.75) is 44.3 Å². The Kier molecular flexibility index (Phi) is 6.04. The quantitative estimate of drug-likeness (QED) is 0.197. The van der Waals surface area contributed by atoms with Gasteiger partial charge in [-0.2, -0.15) is 0 Å². The van der Waals surface area contributed by atoms with Gasteiger partial charge in [-0.15, -0.1) is 0 Å². The summed E-state index contributed by atoms with van der Waals surface area (Å²) in [7, 11) is -0.474. The van der Waals surface area contributed by atoms with Crippen LogP contribution in [0.15, 0.2) is 140 Å². The number of rotatable bonds is 4. The molecule has 1 aliphatic carbocycles. The van der Waals surface area contributed by atoms with Gasteiger partial charge in [0.15, 0.2) is 0 Å². The van der Waals surface area contributed by atoms with E-state index in [-0.39, 0.29) is 0 Å². The third kappa shape index (κ3) is 3.89. The van der Waals surface area contributed by atoms with Gasteiger partial charge in [-0.05, 0) is 101 Å². The molecule has 6 aromatic carbocycles. The van der Waals surface area contributed by atoms with E-state index in [4.69, 9.17) is 9.31 Å². The molecule has 8 rings (SSSR count). The first kappa shape index (κ1) is 27.1. The molecule has 0 atom stereocenters. The minimum Gasteiger partial charge on any atom is -0.399 e. The molecule has 3 heteroatoms. The third-order valence-electron chi connectivity index (χ3n) is 10.2. The Labute approximate surface area is 260 Å². The van der Waals surface area contributed by atoms with Gasteiger partial charge in [0.2, 0.25) is 0 Å². The summed E-state index contributed by atoms with van der Waals surface area (Å²) >= 11 is 0. The summed E-state index contributed by atoms with van der Waals surface area (Å²) in [6.45, 7) is 8.48. The zero-order chi connectivity index (χ0) is 30.1. The van der Waals surface area contributed by atoms with Gasteiger partial charge in [0.1, 0.15) is 0 Å². The Balaban J connectivity index is 1.41. The summed E-state index contributed by atoms with van der Waals surface area (Å²) in [5.41, 5.74) is 9.72. The second-order valence-electron chi connectivity index (χ2n) is 13.2. The summed E-state index contributed by atoms with van der Waals surface area (Å²) in [6.07, 6.45) is 0. The van der Waals surface area contributed by atoms with E-state index in [1.165, 1.54) is 44.2 Å². The van der Waals surface area contributed by atoms with Gasteiger partial charge in [0, 0.05) is 0 Å². The maximum atomic E-state index is 6.66. The average molecular weight is 571 g/mol. The SMILES string of the molecule is CC1(C)OB(c2cc3ccccc3cc2-c2ccc3c(c2)C(c2ccccc2)(c2ccccc2)c2ccccc2-3)OC1(C)C. The van der Waals surface area contributed by atoms with Crippen molar-refractivity contribution in [1.29, 1.82) is 0 Å². The predicted octanol–water partition coefficient (Wildman–Crippen LogP) is 9.17. The first-order valence-corrected chi connectivity index (χ1v) is 15.5. The fourth-order valence-electron chi connectivity index (χ4n) is 7.28. The molecular weight excluding hydrogens is 535 g/mol. The van der Waals surface area contributed by atoms with Crippen molar-refractivity contribution < 1.29 is 9.31 Å². The Hall–Kier alpha value is -4.44. The molecule has 0 aromatic heterocycles. The van der Waals surface area contributed by atoms with Crippen molar-refractivity contribution in [3.05, 3.63) is 162 Å². The van der Waals surface area contributed by atoms with Crippen LogP contribution in [0, 0.1) is 0 Å². The molecule has 44 heavy (non-hydrogen) atoms. The summed E-state index contributed by atoms with van der Waals surface area (Å²) in [5, 5.41) is 2.38. The molecule has 2 nitrogen and oxygen atoms in total. The number of hydrogen-bond donors (Lipinski definition) is 0. The highest BCUT2D eigenvalue weighted by Crippen LogP contribution is 2.56. The molecule has 214 valence electrons. The Bertz CT molecular complexity index is 1970. The third-order valence-corrected chi connectivity index (χ3v) is 10.2. The van der Waals surface area contributed by atoms with Crippen LogP contribution in [0.25, 0.3) is 33.0 Å². The standard InChI is InChI=1S/C41H35BO2/c1-39(2)40(3,4)44-42(43-39)38-27-29-16-12-11-15-28(29)25-35(38)30-23-24-34-33-21-13-14-22-36(33)41(37(34)26-30,31-17-7-5-8-18-31)32-19-9-6-10-20-32/h5-27H,1-4H3. The van der Waals surface area contributed by atoms with E-state index in [2.05, 4.69) is 167 Å². The largest absolute Gasteiger partial charge is 0.495 e. The zero-order valence-electron chi connectivity index (χ0n) is 25.7. The second-order valence-corrected chi connectivity index (χ2v) is 13.2. The van der Waals surface area contributed by atoms with E-state index in [9.17, 15) is 0 Å². The predicted molar refractivity (Wildman–Crippen MR) is 182 cm³/mol. The molecule has 1 heterocycles. The maximum Gasteiger partial charge on any atom is 0.495 e. The average Bonchev–Trinajstić information content (AvgIpc) is 3.47. The van der Waals surface area contributed by atoms with Crippen LogP contribution in [0.5, 0.6) is 0 Å². The number of fused-ring (bicyclic) bond motifs is 4. The molecule has 0 bridgehead atoms. The monoisotopic (exact) mass is 570 g/mol. The van der Waals surface area contributed by atoms with E-state index in [1.54, 1.807) is 0 Å². The Morgan fingerprint density at radius 3 is 1.61 bits per heavy atom. The lowest BCUT2D eigenvalue weighted by Crippen LogP contribution is -2.41. The maximum absolute atomic E-state index is 6.66. The van der Waals surface area contributed by atoms with Crippen molar-refractivity contribution in [1.82, 2.24) is 0 Å². The number of benzene rings is 6. The van der Waals surface area contributed by atoms with Crippen LogP contribution < -0.4 is 5.46 Å². The smallest absolute Gasteiger partial charge is 0.399 e. The summed E-state index contributed by atoms with van der Waals surface area (Å²) < 4.78 is 13.3. The molecule has 6 aromatic rings. The molecule has 1 aliphatic heterocycles. The normalized spacial score (nSPS) is 17.4. The van der Waals surface area contributed by atoms with Crippen LogP contribution in [-0.4, -0.2) is 18.3 Å². The molecule has 1 fully saturated rings. The highest BCUT2D eigenvalue weighted by Gasteiger charge is 2.52. The van der Waals surface area contributed by atoms with Gasteiger partial charge in [-0.25, -0.2) is 0 Å². The molecule has 0 N–H and O–H groups in total. The first-order valence-electron chi connectivity index (χ1n) is 15.5. The summed E-state index contributed by atoms with van der Waals surface area (Å²) in [4.78, 5) is 0. The summed E-state index contributed by atoms with van der Waals surface area (Å²) in [5.74, 6) is 0. The minimum absolute atomic E-state index is 0.435. The van der Waals surface area contributed by atoms with E-state index in [0.29, 0.717) is 0 Å². The van der Waals surface area contributed by atoms with E-state index in [1.807, 2.05) is 0 Å². The van der Waals surface area contributed by atoms with Crippen LogP contribution in [0.1, 0.15) is 49.9 Å². The lowest BCUT2D eigenvalue weighted by atomic mass is 9.67. The lowest BCUT2D eigenvalue weighted by Gasteiger charge is -2.34. The van der Waals surface area contributed by atoms with Gasteiger partial charge in [0.25, 0.3) is 0 Å². The van der Waals surface area contributed by atoms with Crippen molar-refractivity contribution in [2.75, 3.05) is 0 Å².